The summed E-state index contributed by atoms with van der Waals surface area (Å²) in [4.78, 5) is 26.3. The summed E-state index contributed by atoms with van der Waals surface area (Å²) in [5, 5.41) is 3.05. The number of benzene rings is 1. The monoisotopic (exact) mass is 370 g/mol. The van der Waals surface area contributed by atoms with Gasteiger partial charge in [0.2, 0.25) is 11.8 Å². The summed E-state index contributed by atoms with van der Waals surface area (Å²) in [5.41, 5.74) is 1.43. The highest BCUT2D eigenvalue weighted by atomic mass is 16.7. The highest BCUT2D eigenvalue weighted by molar-refractivity contribution is 6.62. The van der Waals surface area contributed by atoms with E-state index in [0.29, 0.717) is 25.9 Å². The van der Waals surface area contributed by atoms with Crippen LogP contribution in [0, 0.1) is 0 Å². The van der Waals surface area contributed by atoms with E-state index in [4.69, 9.17) is 9.31 Å². The Bertz CT molecular complexity index is 796. The van der Waals surface area contributed by atoms with Crippen LogP contribution in [0.5, 0.6) is 0 Å². The van der Waals surface area contributed by atoms with Crippen molar-refractivity contribution in [2.75, 3.05) is 18.4 Å². The number of nitrogens with zero attached hydrogens (tertiary/aromatic N) is 1. The average molecular weight is 370 g/mol. The Labute approximate surface area is 160 Å². The molecular weight excluding hydrogens is 343 g/mol. The van der Waals surface area contributed by atoms with E-state index in [0.717, 1.165) is 16.7 Å². The number of fused-ring (bicyclic) bond motifs is 2. The molecule has 0 radical (unpaired) electrons. The molecule has 1 N–H and O–H groups in total. The molecule has 2 amide bonds. The largest absolute Gasteiger partial charge is 0.494 e. The van der Waals surface area contributed by atoms with E-state index in [9.17, 15) is 9.59 Å². The summed E-state index contributed by atoms with van der Waals surface area (Å²) in [6.45, 7) is 10.9. The lowest BCUT2D eigenvalue weighted by atomic mass is 9.72. The molecule has 2 fully saturated rings. The maximum Gasteiger partial charge on any atom is 0.494 e. The number of anilines is 1. The third-order valence-corrected chi connectivity index (χ3v) is 6.83. The summed E-state index contributed by atoms with van der Waals surface area (Å²) in [7, 11) is -0.451. The Morgan fingerprint density at radius 1 is 1.11 bits per heavy atom. The van der Waals surface area contributed by atoms with Crippen molar-refractivity contribution in [1.82, 2.24) is 4.90 Å². The maximum absolute atomic E-state index is 12.8. The summed E-state index contributed by atoms with van der Waals surface area (Å²) in [6, 6.07) is 6.00. The molecule has 0 aromatic heterocycles. The first-order chi connectivity index (χ1) is 12.6. The molecule has 2 saturated heterocycles. The third kappa shape index (κ3) is 2.71. The van der Waals surface area contributed by atoms with Crippen LogP contribution in [0.4, 0.5) is 5.69 Å². The van der Waals surface area contributed by atoms with Crippen LogP contribution in [-0.2, 0) is 24.3 Å². The van der Waals surface area contributed by atoms with Crippen molar-refractivity contribution < 1.29 is 18.9 Å². The summed E-state index contributed by atoms with van der Waals surface area (Å²) >= 11 is 0. The number of carbonyl (C=O) groups is 2. The molecule has 1 aromatic carbocycles. The molecule has 0 bridgehead atoms. The van der Waals surface area contributed by atoms with Gasteiger partial charge < -0.3 is 19.5 Å². The number of nitrogens with one attached hydrogen (secondary N) is 1. The molecule has 144 valence electrons. The fourth-order valence-electron chi connectivity index (χ4n) is 4.27. The Kier molecular flexibility index (Phi) is 3.99. The van der Waals surface area contributed by atoms with E-state index in [1.807, 2.05) is 50.8 Å². The van der Waals surface area contributed by atoms with E-state index >= 15 is 0 Å². The molecule has 0 atom stereocenters. The minimum absolute atomic E-state index is 0.0340. The fraction of sp³-hybridized carbons (Fsp3) is 0.600. The van der Waals surface area contributed by atoms with Gasteiger partial charge >= 0.3 is 7.12 Å². The van der Waals surface area contributed by atoms with Gasteiger partial charge in [0.1, 0.15) is 0 Å². The highest BCUT2D eigenvalue weighted by Gasteiger charge is 2.53. The SMILES string of the molecule is CC(=O)N1CCC2(CC1)C(=O)Nc1cc(B3OC(C)(C)C(C)(C)O3)ccc12. The maximum atomic E-state index is 12.8. The molecule has 27 heavy (non-hydrogen) atoms. The van der Waals surface area contributed by atoms with Gasteiger partial charge in [-0.25, -0.2) is 0 Å². The van der Waals surface area contributed by atoms with Crippen LogP contribution >= 0.6 is 0 Å². The van der Waals surface area contributed by atoms with Crippen molar-refractivity contribution in [3.8, 4) is 0 Å². The second kappa shape index (κ2) is 5.82. The summed E-state index contributed by atoms with van der Waals surface area (Å²) in [6.07, 6.45) is 1.31. The predicted molar refractivity (Wildman–Crippen MR) is 104 cm³/mol. The molecular formula is C20H27BN2O4. The fourth-order valence-corrected chi connectivity index (χ4v) is 4.27. The number of rotatable bonds is 1. The van der Waals surface area contributed by atoms with Crippen molar-refractivity contribution in [3.63, 3.8) is 0 Å². The van der Waals surface area contributed by atoms with Gasteiger partial charge in [0, 0.05) is 25.7 Å². The summed E-state index contributed by atoms with van der Waals surface area (Å²) < 4.78 is 12.3. The van der Waals surface area contributed by atoms with Crippen LogP contribution in [0.3, 0.4) is 0 Å². The Balaban J connectivity index is 1.61. The van der Waals surface area contributed by atoms with Crippen molar-refractivity contribution in [2.24, 2.45) is 0 Å². The third-order valence-electron chi connectivity index (χ3n) is 6.83. The molecule has 3 aliphatic heterocycles. The lowest BCUT2D eigenvalue weighted by molar-refractivity contribution is -0.133. The van der Waals surface area contributed by atoms with Crippen LogP contribution in [0.2, 0.25) is 0 Å². The standard InChI is InChI=1S/C20H27BN2O4/c1-13(24)23-10-8-20(9-11-23)15-7-6-14(12-16(15)22-17(20)25)21-26-18(2,3)19(4,5)27-21/h6-7,12H,8-11H2,1-5H3,(H,22,25). The van der Waals surface area contributed by atoms with E-state index in [1.165, 1.54) is 0 Å². The number of hydrogen-bond acceptors (Lipinski definition) is 4. The van der Waals surface area contributed by atoms with E-state index < -0.39 is 23.7 Å². The van der Waals surface area contributed by atoms with Gasteiger partial charge in [0.25, 0.3) is 0 Å². The van der Waals surface area contributed by atoms with Crippen molar-refractivity contribution in [2.45, 2.75) is 64.1 Å². The Morgan fingerprint density at radius 3 is 2.26 bits per heavy atom. The molecule has 1 spiro atoms. The quantitative estimate of drug-likeness (QED) is 0.766. The minimum Gasteiger partial charge on any atom is -0.399 e. The first-order valence-corrected chi connectivity index (χ1v) is 9.63. The molecule has 6 nitrogen and oxygen atoms in total. The molecule has 3 heterocycles. The molecule has 0 saturated carbocycles. The second-order valence-electron chi connectivity index (χ2n) is 8.94. The smallest absolute Gasteiger partial charge is 0.399 e. The van der Waals surface area contributed by atoms with Gasteiger partial charge in [-0.2, -0.15) is 0 Å². The zero-order valence-electron chi connectivity index (χ0n) is 16.7. The van der Waals surface area contributed by atoms with Gasteiger partial charge in [-0.15, -0.1) is 0 Å². The van der Waals surface area contributed by atoms with Gasteiger partial charge in [-0.05, 0) is 57.6 Å². The van der Waals surface area contributed by atoms with Crippen LogP contribution in [0.25, 0.3) is 0 Å². The molecule has 3 aliphatic rings. The summed E-state index contributed by atoms with van der Waals surface area (Å²) in [5.74, 6) is 0.103. The van der Waals surface area contributed by atoms with Crippen molar-refractivity contribution in [3.05, 3.63) is 23.8 Å². The predicted octanol–water partition coefficient (Wildman–Crippen LogP) is 1.82. The van der Waals surface area contributed by atoms with Gasteiger partial charge in [-0.3, -0.25) is 9.59 Å². The molecule has 0 unspecified atom stereocenters. The Hall–Kier alpha value is -1.86. The van der Waals surface area contributed by atoms with Crippen molar-refractivity contribution in [1.29, 1.82) is 0 Å². The van der Waals surface area contributed by atoms with E-state index in [-0.39, 0.29) is 11.8 Å². The van der Waals surface area contributed by atoms with Crippen molar-refractivity contribution >= 4 is 30.1 Å². The molecule has 0 aliphatic carbocycles. The first-order valence-electron chi connectivity index (χ1n) is 9.63. The van der Waals surface area contributed by atoms with Crippen LogP contribution in [-0.4, -0.2) is 48.1 Å². The zero-order chi connectivity index (χ0) is 19.6. The van der Waals surface area contributed by atoms with E-state index in [2.05, 4.69) is 5.32 Å². The zero-order valence-corrected chi connectivity index (χ0v) is 16.7. The molecule has 4 rings (SSSR count). The van der Waals surface area contributed by atoms with Gasteiger partial charge in [-0.1, -0.05) is 12.1 Å². The lowest BCUT2D eigenvalue weighted by Crippen LogP contribution is -2.47. The topological polar surface area (TPSA) is 67.9 Å². The lowest BCUT2D eigenvalue weighted by Gasteiger charge is -2.37. The highest BCUT2D eigenvalue weighted by Crippen LogP contribution is 2.45. The minimum atomic E-state index is -0.532. The van der Waals surface area contributed by atoms with Gasteiger partial charge in [0.15, 0.2) is 0 Å². The molecule has 7 heteroatoms. The second-order valence-corrected chi connectivity index (χ2v) is 8.94. The number of hydrogen-bond donors (Lipinski definition) is 1. The van der Waals surface area contributed by atoms with Crippen LogP contribution in [0.15, 0.2) is 18.2 Å². The normalized spacial score (nSPS) is 24.9. The average Bonchev–Trinajstić information content (AvgIpc) is 2.98. The number of likely N-dealkylation sites (tertiary alicyclic amines) is 1. The number of piperidine rings is 1. The van der Waals surface area contributed by atoms with Crippen LogP contribution < -0.4 is 10.8 Å². The molecule has 1 aromatic rings. The Morgan fingerprint density at radius 2 is 1.70 bits per heavy atom. The van der Waals surface area contributed by atoms with Crippen LogP contribution in [0.1, 0.15) is 53.0 Å². The number of amides is 2. The first kappa shape index (κ1) is 18.5. The van der Waals surface area contributed by atoms with Gasteiger partial charge in [0.05, 0.1) is 16.6 Å². The number of carbonyl (C=O) groups excluding carboxylic acids is 2. The van der Waals surface area contributed by atoms with E-state index in [1.54, 1.807) is 6.92 Å².